The van der Waals surface area contributed by atoms with Gasteiger partial charge in [-0.1, -0.05) is 0 Å². The molecular weight excluding hydrogens is 356 g/mol. The van der Waals surface area contributed by atoms with Gasteiger partial charge in [0.1, 0.15) is 11.6 Å². The third-order valence-corrected chi connectivity index (χ3v) is 4.76. The van der Waals surface area contributed by atoms with Crippen LogP contribution in [0.3, 0.4) is 0 Å². The van der Waals surface area contributed by atoms with Gasteiger partial charge in [-0.3, -0.25) is 4.98 Å². The average Bonchev–Trinajstić information content (AvgIpc) is 3.15. The van der Waals surface area contributed by atoms with Gasteiger partial charge in [-0.25, -0.2) is 4.98 Å². The van der Waals surface area contributed by atoms with Gasteiger partial charge in [0, 0.05) is 24.8 Å². The Morgan fingerprint density at radius 3 is 3.00 bits per heavy atom. The maximum absolute atomic E-state index is 4.79. The van der Waals surface area contributed by atoms with Gasteiger partial charge in [0.15, 0.2) is 5.65 Å². The number of aromatic nitrogens is 4. The molecule has 1 saturated heterocycles. The molecule has 0 unspecified atom stereocenters. The predicted molar refractivity (Wildman–Crippen MR) is 94.2 cm³/mol. The number of pyridine rings is 1. The Morgan fingerprint density at radius 2 is 2.26 bits per heavy atom. The van der Waals surface area contributed by atoms with Crippen molar-refractivity contribution in [3.63, 3.8) is 0 Å². The standard InChI is InChI=1S/C16H17BrN6/c1-11-4-3-7-22(11)14-8-15(20-12-5-2-6-18-9-12)23-16(21-14)13(17)10-19-23/h2,5-6,8-11,20H,3-4,7H2,1H3/t11-/m1/s1. The summed E-state index contributed by atoms with van der Waals surface area (Å²) >= 11 is 3.54. The van der Waals surface area contributed by atoms with E-state index in [4.69, 9.17) is 4.98 Å². The van der Waals surface area contributed by atoms with Crippen LogP contribution >= 0.6 is 15.9 Å². The van der Waals surface area contributed by atoms with Crippen LogP contribution < -0.4 is 10.2 Å². The Kier molecular flexibility index (Phi) is 3.65. The number of hydrogen-bond donors (Lipinski definition) is 1. The predicted octanol–water partition coefficient (Wildman–Crippen LogP) is 3.62. The summed E-state index contributed by atoms with van der Waals surface area (Å²) in [6, 6.07) is 6.46. The molecule has 0 aliphatic carbocycles. The lowest BCUT2D eigenvalue weighted by molar-refractivity contribution is 0.726. The van der Waals surface area contributed by atoms with E-state index in [1.807, 2.05) is 12.1 Å². The van der Waals surface area contributed by atoms with E-state index >= 15 is 0 Å². The first kappa shape index (κ1) is 14.4. The molecule has 0 spiro atoms. The smallest absolute Gasteiger partial charge is 0.173 e. The van der Waals surface area contributed by atoms with Crippen molar-refractivity contribution in [3.8, 4) is 0 Å². The van der Waals surface area contributed by atoms with Crippen LogP contribution in [0.15, 0.2) is 41.3 Å². The average molecular weight is 373 g/mol. The number of nitrogens with one attached hydrogen (secondary N) is 1. The fraction of sp³-hybridized carbons (Fsp3) is 0.312. The maximum atomic E-state index is 4.79. The van der Waals surface area contributed by atoms with Gasteiger partial charge < -0.3 is 10.2 Å². The fourth-order valence-corrected chi connectivity index (χ4v) is 3.37. The summed E-state index contributed by atoms with van der Waals surface area (Å²) in [4.78, 5) is 11.3. The fourth-order valence-electron chi connectivity index (χ4n) is 3.02. The van der Waals surface area contributed by atoms with Crippen molar-refractivity contribution in [1.82, 2.24) is 19.6 Å². The molecule has 7 heteroatoms. The van der Waals surface area contributed by atoms with Crippen molar-refractivity contribution in [2.75, 3.05) is 16.8 Å². The van der Waals surface area contributed by atoms with Crippen molar-refractivity contribution < 1.29 is 0 Å². The molecule has 1 fully saturated rings. The molecule has 0 aromatic carbocycles. The zero-order chi connectivity index (χ0) is 15.8. The molecule has 4 heterocycles. The number of anilines is 3. The molecule has 3 aromatic heterocycles. The van der Waals surface area contributed by atoms with Gasteiger partial charge in [0.2, 0.25) is 0 Å². The summed E-state index contributed by atoms with van der Waals surface area (Å²) in [5.41, 5.74) is 1.74. The van der Waals surface area contributed by atoms with Crippen LogP contribution in [0.2, 0.25) is 0 Å². The second-order valence-electron chi connectivity index (χ2n) is 5.78. The highest BCUT2D eigenvalue weighted by Gasteiger charge is 2.23. The lowest BCUT2D eigenvalue weighted by Crippen LogP contribution is -2.27. The highest BCUT2D eigenvalue weighted by molar-refractivity contribution is 9.10. The van der Waals surface area contributed by atoms with Crippen LogP contribution in [0, 0.1) is 0 Å². The molecule has 0 saturated carbocycles. The van der Waals surface area contributed by atoms with Crippen LogP contribution in [0.1, 0.15) is 19.8 Å². The third kappa shape index (κ3) is 2.65. The van der Waals surface area contributed by atoms with Crippen molar-refractivity contribution in [1.29, 1.82) is 0 Å². The van der Waals surface area contributed by atoms with Gasteiger partial charge in [-0.2, -0.15) is 9.61 Å². The van der Waals surface area contributed by atoms with E-state index in [1.165, 1.54) is 12.8 Å². The van der Waals surface area contributed by atoms with Gasteiger partial charge in [-0.15, -0.1) is 0 Å². The summed E-state index contributed by atoms with van der Waals surface area (Å²) in [6.45, 7) is 3.29. The van der Waals surface area contributed by atoms with E-state index < -0.39 is 0 Å². The Labute approximate surface area is 142 Å². The molecule has 1 aliphatic heterocycles. The van der Waals surface area contributed by atoms with Gasteiger partial charge >= 0.3 is 0 Å². The molecule has 0 radical (unpaired) electrons. The van der Waals surface area contributed by atoms with Gasteiger partial charge in [0.25, 0.3) is 0 Å². The van der Waals surface area contributed by atoms with Crippen molar-refractivity contribution in [2.24, 2.45) is 0 Å². The van der Waals surface area contributed by atoms with Crippen molar-refractivity contribution in [3.05, 3.63) is 41.3 Å². The minimum Gasteiger partial charge on any atom is -0.354 e. The molecule has 1 aliphatic rings. The Hall–Kier alpha value is -2.15. The zero-order valence-corrected chi connectivity index (χ0v) is 14.4. The Morgan fingerprint density at radius 1 is 1.35 bits per heavy atom. The van der Waals surface area contributed by atoms with E-state index in [0.29, 0.717) is 6.04 Å². The number of hydrogen-bond acceptors (Lipinski definition) is 5. The minimum atomic E-state index is 0.512. The SMILES string of the molecule is C[C@@H]1CCCN1c1cc(Nc2cccnc2)n2ncc(Br)c2n1. The quantitative estimate of drug-likeness (QED) is 0.760. The first-order valence-corrected chi connectivity index (χ1v) is 8.49. The van der Waals surface area contributed by atoms with E-state index in [1.54, 1.807) is 23.1 Å². The maximum Gasteiger partial charge on any atom is 0.173 e. The van der Waals surface area contributed by atoms with Crippen molar-refractivity contribution in [2.45, 2.75) is 25.8 Å². The molecular formula is C16H17BrN6. The second-order valence-corrected chi connectivity index (χ2v) is 6.63. The van der Waals surface area contributed by atoms with Gasteiger partial charge in [0.05, 0.1) is 22.6 Å². The summed E-state index contributed by atoms with van der Waals surface area (Å²) in [7, 11) is 0. The summed E-state index contributed by atoms with van der Waals surface area (Å²) in [5.74, 6) is 1.86. The van der Waals surface area contributed by atoms with E-state index in [9.17, 15) is 0 Å². The largest absolute Gasteiger partial charge is 0.354 e. The molecule has 0 bridgehead atoms. The van der Waals surface area contributed by atoms with Crippen LogP contribution in [0.5, 0.6) is 0 Å². The molecule has 23 heavy (non-hydrogen) atoms. The topological polar surface area (TPSA) is 58.4 Å². The van der Waals surface area contributed by atoms with Crippen LogP contribution in [0.4, 0.5) is 17.3 Å². The molecule has 1 N–H and O–H groups in total. The molecule has 0 amide bonds. The Bertz CT molecular complexity index is 831. The van der Waals surface area contributed by atoms with Crippen molar-refractivity contribution >= 4 is 38.9 Å². The summed E-state index contributed by atoms with van der Waals surface area (Å²) in [5, 5.41) is 7.80. The molecule has 118 valence electrons. The molecule has 6 nitrogen and oxygen atoms in total. The highest BCUT2D eigenvalue weighted by Crippen LogP contribution is 2.29. The minimum absolute atomic E-state index is 0.512. The summed E-state index contributed by atoms with van der Waals surface area (Å²) in [6.07, 6.45) is 7.74. The van der Waals surface area contributed by atoms with Crippen LogP contribution in [-0.2, 0) is 0 Å². The number of halogens is 1. The van der Waals surface area contributed by atoms with Crippen LogP contribution in [0.25, 0.3) is 5.65 Å². The zero-order valence-electron chi connectivity index (χ0n) is 12.8. The van der Waals surface area contributed by atoms with Crippen LogP contribution in [-0.4, -0.2) is 32.2 Å². The lowest BCUT2D eigenvalue weighted by Gasteiger charge is -2.23. The lowest BCUT2D eigenvalue weighted by atomic mass is 10.2. The first-order chi connectivity index (χ1) is 11.2. The normalized spacial score (nSPS) is 17.8. The number of fused-ring (bicyclic) bond motifs is 1. The Balaban J connectivity index is 1.81. The molecule has 4 rings (SSSR count). The number of rotatable bonds is 3. The molecule has 1 atom stereocenters. The summed E-state index contributed by atoms with van der Waals surface area (Å²) < 4.78 is 2.70. The number of nitrogens with zero attached hydrogens (tertiary/aromatic N) is 5. The van der Waals surface area contributed by atoms with E-state index in [0.717, 1.165) is 34.0 Å². The molecule has 3 aromatic rings. The monoisotopic (exact) mass is 372 g/mol. The third-order valence-electron chi connectivity index (χ3n) is 4.20. The highest BCUT2D eigenvalue weighted by atomic mass is 79.9. The van der Waals surface area contributed by atoms with E-state index in [2.05, 4.69) is 49.2 Å². The first-order valence-electron chi connectivity index (χ1n) is 7.70. The van der Waals surface area contributed by atoms with Gasteiger partial charge in [-0.05, 0) is 47.8 Å². The van der Waals surface area contributed by atoms with E-state index in [-0.39, 0.29) is 0 Å². The second kappa shape index (κ2) is 5.81.